The van der Waals surface area contributed by atoms with E-state index >= 15 is 0 Å². The zero-order valence-electron chi connectivity index (χ0n) is 34.9. The highest BCUT2D eigenvalue weighted by Gasteiger charge is 2.35. The molecule has 0 spiro atoms. The molecule has 0 aliphatic carbocycles. The van der Waals surface area contributed by atoms with E-state index in [1.54, 1.807) is 0 Å². The van der Waals surface area contributed by atoms with Crippen molar-refractivity contribution in [3.8, 4) is 50.6 Å². The van der Waals surface area contributed by atoms with Crippen molar-refractivity contribution in [2.45, 2.75) is 0 Å². The van der Waals surface area contributed by atoms with Gasteiger partial charge in [-0.25, -0.2) is 0 Å². The van der Waals surface area contributed by atoms with E-state index in [1.165, 1.54) is 33.0 Å². The van der Waals surface area contributed by atoms with Gasteiger partial charge in [-0.1, -0.05) is 176 Å². The Kier molecular flexibility index (Phi) is 9.12. The van der Waals surface area contributed by atoms with Crippen molar-refractivity contribution in [3.63, 3.8) is 0 Å². The predicted octanol–water partition coefficient (Wildman–Crippen LogP) is 16.8. The Morgan fingerprint density at radius 3 is 1.52 bits per heavy atom. The largest absolute Gasteiger partial charge is 0.448 e. The third kappa shape index (κ3) is 6.40. The first-order valence-corrected chi connectivity index (χ1v) is 21.8. The molecule has 2 heterocycles. The molecule has 1 aliphatic rings. The molecule has 64 heavy (non-hydrogen) atoms. The van der Waals surface area contributed by atoms with E-state index in [9.17, 15) is 0 Å². The van der Waals surface area contributed by atoms with Crippen LogP contribution in [0.4, 0.5) is 34.3 Å². The van der Waals surface area contributed by atoms with Crippen molar-refractivity contribution < 1.29 is 4.74 Å². The van der Waals surface area contributed by atoms with Crippen molar-refractivity contribution in [3.05, 3.63) is 249 Å². The maximum absolute atomic E-state index is 7.38. The van der Waals surface area contributed by atoms with Gasteiger partial charge in [0.25, 0.3) is 0 Å². The van der Waals surface area contributed by atoms with Gasteiger partial charge >= 0.3 is 0 Å². The van der Waals surface area contributed by atoms with Crippen LogP contribution in [0.25, 0.3) is 60.7 Å². The van der Waals surface area contributed by atoms with Crippen LogP contribution in [0.2, 0.25) is 0 Å². The molecule has 0 saturated heterocycles. The lowest BCUT2D eigenvalue weighted by Gasteiger charge is -2.36. The standard InChI is InChI=1S/C60H41N3O/c1-4-16-42(17-5-1)43-30-32-44(33-31-43)45-34-38-50(39-35-45)61(51-40-36-47(37-41-51)53-26-14-19-46-18-10-11-24-52(46)53)56-28-15-29-57-59(56)64-58-54-25-12-13-27-55(54)62(48-20-6-2-7-21-48)60(58)63(57)49-22-8-3-9-23-49/h1-41H. The molecule has 0 saturated carbocycles. The molecule has 0 bridgehead atoms. The molecule has 1 aromatic heterocycles. The lowest BCUT2D eigenvalue weighted by Crippen LogP contribution is -2.20. The van der Waals surface area contributed by atoms with Crippen molar-refractivity contribution >= 4 is 55.9 Å². The van der Waals surface area contributed by atoms with Crippen LogP contribution in [0.15, 0.2) is 249 Å². The quantitative estimate of drug-likeness (QED) is 0.152. The lowest BCUT2D eigenvalue weighted by atomic mass is 9.98. The first-order valence-electron chi connectivity index (χ1n) is 21.8. The summed E-state index contributed by atoms with van der Waals surface area (Å²) in [6.07, 6.45) is 0. The van der Waals surface area contributed by atoms with Crippen LogP contribution in [0.1, 0.15) is 0 Å². The summed E-state index contributed by atoms with van der Waals surface area (Å²) in [5.41, 5.74) is 14.2. The van der Waals surface area contributed by atoms with E-state index in [0.29, 0.717) is 0 Å². The van der Waals surface area contributed by atoms with E-state index in [-0.39, 0.29) is 0 Å². The third-order valence-electron chi connectivity index (χ3n) is 12.4. The van der Waals surface area contributed by atoms with Crippen molar-refractivity contribution in [2.75, 3.05) is 9.80 Å². The summed E-state index contributed by atoms with van der Waals surface area (Å²) in [4.78, 5) is 4.69. The number of benzene rings is 10. The lowest BCUT2D eigenvalue weighted by molar-refractivity contribution is 0.482. The predicted molar refractivity (Wildman–Crippen MR) is 267 cm³/mol. The fourth-order valence-corrected chi connectivity index (χ4v) is 9.34. The Hall–Kier alpha value is -8.60. The fraction of sp³-hybridized carbons (Fsp3) is 0. The SMILES string of the molecule is c1ccc(-c2ccc(-c3ccc(N(c4ccc(-c5cccc6ccccc56)cc4)c4cccc5c4Oc4c(n(-c6ccccc6)c6ccccc46)N5c4ccccc4)cc3)cc2)cc1. The van der Waals surface area contributed by atoms with E-state index < -0.39 is 0 Å². The molecular weight excluding hydrogens is 779 g/mol. The maximum Gasteiger partial charge on any atom is 0.178 e. The molecule has 4 nitrogen and oxygen atoms in total. The summed E-state index contributed by atoms with van der Waals surface area (Å²) >= 11 is 0. The molecule has 1 aliphatic heterocycles. The number of hydrogen-bond acceptors (Lipinski definition) is 3. The highest BCUT2D eigenvalue weighted by atomic mass is 16.5. The summed E-state index contributed by atoms with van der Waals surface area (Å²) in [5, 5.41) is 3.50. The van der Waals surface area contributed by atoms with Gasteiger partial charge in [0.15, 0.2) is 17.3 Å². The Balaban J connectivity index is 1.03. The highest BCUT2D eigenvalue weighted by Crippen LogP contribution is 2.59. The van der Waals surface area contributed by atoms with Crippen LogP contribution in [0.3, 0.4) is 0 Å². The third-order valence-corrected chi connectivity index (χ3v) is 12.4. The number of hydrogen-bond donors (Lipinski definition) is 0. The number of rotatable bonds is 8. The van der Waals surface area contributed by atoms with E-state index in [1.807, 2.05) is 0 Å². The van der Waals surface area contributed by atoms with Crippen molar-refractivity contribution in [2.24, 2.45) is 0 Å². The van der Waals surface area contributed by atoms with Gasteiger partial charge in [-0.3, -0.25) is 9.47 Å². The summed E-state index contributed by atoms with van der Waals surface area (Å²) in [6.45, 7) is 0. The number of aromatic nitrogens is 1. The number of nitrogens with zero attached hydrogens (tertiary/aromatic N) is 3. The van der Waals surface area contributed by atoms with E-state index in [0.717, 1.165) is 73.5 Å². The maximum atomic E-state index is 7.38. The van der Waals surface area contributed by atoms with Crippen LogP contribution in [-0.4, -0.2) is 4.57 Å². The number of para-hydroxylation sites is 4. The molecule has 302 valence electrons. The van der Waals surface area contributed by atoms with Gasteiger partial charge in [-0.05, 0) is 117 Å². The first-order chi connectivity index (χ1) is 31.8. The second-order valence-electron chi connectivity index (χ2n) is 16.1. The minimum atomic E-state index is 0.772. The summed E-state index contributed by atoms with van der Waals surface area (Å²) in [7, 11) is 0. The summed E-state index contributed by atoms with van der Waals surface area (Å²) in [6, 6.07) is 88.6. The molecule has 0 atom stereocenters. The molecule has 0 unspecified atom stereocenters. The molecule has 10 aromatic carbocycles. The number of fused-ring (bicyclic) bond motifs is 5. The molecule has 0 amide bonds. The Morgan fingerprint density at radius 2 is 0.844 bits per heavy atom. The average molecular weight is 820 g/mol. The van der Waals surface area contributed by atoms with E-state index in [4.69, 9.17) is 4.74 Å². The van der Waals surface area contributed by atoms with Gasteiger partial charge in [-0.15, -0.1) is 0 Å². The summed E-state index contributed by atoms with van der Waals surface area (Å²) in [5.74, 6) is 2.54. The summed E-state index contributed by atoms with van der Waals surface area (Å²) < 4.78 is 9.70. The van der Waals surface area contributed by atoms with Crippen LogP contribution in [0, 0.1) is 0 Å². The average Bonchev–Trinajstić information content (AvgIpc) is 3.71. The first kappa shape index (κ1) is 37.2. The van der Waals surface area contributed by atoms with Crippen molar-refractivity contribution in [1.82, 2.24) is 4.57 Å². The van der Waals surface area contributed by atoms with Gasteiger partial charge in [0.05, 0.1) is 16.9 Å². The molecule has 0 N–H and O–H groups in total. The molecule has 11 aromatic rings. The monoisotopic (exact) mass is 819 g/mol. The Bertz CT molecular complexity index is 3430. The molecule has 0 fully saturated rings. The van der Waals surface area contributed by atoms with Crippen LogP contribution >= 0.6 is 0 Å². The molecular formula is C60H41N3O. The molecule has 12 rings (SSSR count). The smallest absolute Gasteiger partial charge is 0.178 e. The normalized spacial score (nSPS) is 11.8. The molecule has 0 radical (unpaired) electrons. The van der Waals surface area contributed by atoms with Gasteiger partial charge in [0, 0.05) is 28.1 Å². The van der Waals surface area contributed by atoms with Crippen LogP contribution in [-0.2, 0) is 0 Å². The minimum Gasteiger partial charge on any atom is -0.448 e. The topological polar surface area (TPSA) is 20.6 Å². The molecule has 4 heteroatoms. The van der Waals surface area contributed by atoms with Gasteiger partial charge in [-0.2, -0.15) is 0 Å². The number of ether oxygens (including phenoxy) is 1. The van der Waals surface area contributed by atoms with Gasteiger partial charge in [0.2, 0.25) is 0 Å². The zero-order chi connectivity index (χ0) is 42.4. The second-order valence-corrected chi connectivity index (χ2v) is 16.1. The minimum absolute atomic E-state index is 0.772. The number of anilines is 6. The van der Waals surface area contributed by atoms with Crippen LogP contribution < -0.4 is 14.5 Å². The van der Waals surface area contributed by atoms with Crippen molar-refractivity contribution in [1.29, 1.82) is 0 Å². The fourth-order valence-electron chi connectivity index (χ4n) is 9.34. The Morgan fingerprint density at radius 1 is 0.344 bits per heavy atom. The zero-order valence-corrected chi connectivity index (χ0v) is 34.9. The second kappa shape index (κ2) is 15.7. The van der Waals surface area contributed by atoms with Crippen LogP contribution in [0.5, 0.6) is 11.5 Å². The van der Waals surface area contributed by atoms with E-state index in [2.05, 4.69) is 263 Å². The van der Waals surface area contributed by atoms with Gasteiger partial charge < -0.3 is 9.64 Å². The Labute approximate surface area is 372 Å². The van der Waals surface area contributed by atoms with Gasteiger partial charge in [0.1, 0.15) is 0 Å². The highest BCUT2D eigenvalue weighted by molar-refractivity contribution is 6.03.